The van der Waals surface area contributed by atoms with Crippen LogP contribution in [0.1, 0.15) is 21.7 Å². The van der Waals surface area contributed by atoms with Gasteiger partial charge in [-0.2, -0.15) is 0 Å². The molecule has 26 heavy (non-hydrogen) atoms. The van der Waals surface area contributed by atoms with E-state index >= 15 is 0 Å². The summed E-state index contributed by atoms with van der Waals surface area (Å²) in [6.45, 7) is 1.43. The molecule has 3 aromatic rings. The SMILES string of the molecule is Cc1ccc(C(=O)Nc2cccc(-c3ccc(CO)o3)c2)cc1[N+](=O)[O-]. The van der Waals surface area contributed by atoms with Crippen LogP contribution in [0, 0.1) is 17.0 Å². The van der Waals surface area contributed by atoms with Gasteiger partial charge in [-0.1, -0.05) is 18.2 Å². The molecule has 0 saturated carbocycles. The van der Waals surface area contributed by atoms with Gasteiger partial charge in [0.1, 0.15) is 18.1 Å². The normalized spacial score (nSPS) is 10.5. The number of nitro groups is 1. The summed E-state index contributed by atoms with van der Waals surface area (Å²) in [7, 11) is 0. The Kier molecular flexibility index (Phi) is 4.81. The zero-order valence-corrected chi connectivity index (χ0v) is 13.9. The Morgan fingerprint density at radius 2 is 2.00 bits per heavy atom. The van der Waals surface area contributed by atoms with Crippen molar-refractivity contribution < 1.29 is 19.2 Å². The van der Waals surface area contributed by atoms with Crippen molar-refractivity contribution in [1.29, 1.82) is 0 Å². The summed E-state index contributed by atoms with van der Waals surface area (Å²) >= 11 is 0. The van der Waals surface area contributed by atoms with Crippen LogP contribution in [0.3, 0.4) is 0 Å². The summed E-state index contributed by atoms with van der Waals surface area (Å²) in [5, 5.41) is 22.8. The molecule has 132 valence electrons. The second kappa shape index (κ2) is 7.20. The first-order valence-corrected chi connectivity index (χ1v) is 7.84. The molecule has 0 spiro atoms. The highest BCUT2D eigenvalue weighted by atomic mass is 16.6. The molecule has 0 aliphatic heterocycles. The summed E-state index contributed by atoms with van der Waals surface area (Å²) in [6, 6.07) is 14.7. The second-order valence-corrected chi connectivity index (χ2v) is 5.72. The highest BCUT2D eigenvalue weighted by Gasteiger charge is 2.15. The first-order valence-electron chi connectivity index (χ1n) is 7.84. The highest BCUT2D eigenvalue weighted by Crippen LogP contribution is 2.26. The van der Waals surface area contributed by atoms with Crippen molar-refractivity contribution in [3.8, 4) is 11.3 Å². The van der Waals surface area contributed by atoms with E-state index in [1.54, 1.807) is 49.4 Å². The molecular weight excluding hydrogens is 336 g/mol. The van der Waals surface area contributed by atoms with E-state index in [0.717, 1.165) is 5.56 Å². The molecule has 1 heterocycles. The Balaban J connectivity index is 1.83. The molecule has 7 heteroatoms. The van der Waals surface area contributed by atoms with E-state index in [4.69, 9.17) is 9.52 Å². The second-order valence-electron chi connectivity index (χ2n) is 5.72. The van der Waals surface area contributed by atoms with E-state index in [9.17, 15) is 14.9 Å². The molecule has 3 rings (SSSR count). The topological polar surface area (TPSA) is 106 Å². The van der Waals surface area contributed by atoms with Crippen molar-refractivity contribution in [2.75, 3.05) is 5.32 Å². The minimum absolute atomic E-state index is 0.0986. The summed E-state index contributed by atoms with van der Waals surface area (Å²) in [6.07, 6.45) is 0. The van der Waals surface area contributed by atoms with E-state index in [-0.39, 0.29) is 17.9 Å². The van der Waals surface area contributed by atoms with Crippen LogP contribution < -0.4 is 5.32 Å². The van der Waals surface area contributed by atoms with Crippen molar-refractivity contribution in [3.05, 3.63) is 81.6 Å². The maximum absolute atomic E-state index is 12.4. The Labute approximate surface area is 149 Å². The molecule has 0 radical (unpaired) electrons. The van der Waals surface area contributed by atoms with Gasteiger partial charge >= 0.3 is 0 Å². The number of hydrogen-bond donors (Lipinski definition) is 2. The smallest absolute Gasteiger partial charge is 0.273 e. The third-order valence-electron chi connectivity index (χ3n) is 3.89. The van der Waals surface area contributed by atoms with Crippen LogP contribution in [0.5, 0.6) is 0 Å². The van der Waals surface area contributed by atoms with E-state index in [1.807, 2.05) is 6.07 Å². The first-order chi connectivity index (χ1) is 12.5. The summed E-state index contributed by atoms with van der Waals surface area (Å²) in [5.41, 5.74) is 1.85. The average molecular weight is 352 g/mol. The van der Waals surface area contributed by atoms with Crippen molar-refractivity contribution in [2.24, 2.45) is 0 Å². The van der Waals surface area contributed by atoms with E-state index in [1.165, 1.54) is 6.07 Å². The number of hydrogen-bond acceptors (Lipinski definition) is 5. The third-order valence-corrected chi connectivity index (χ3v) is 3.89. The number of nitro benzene ring substituents is 1. The number of furan rings is 1. The van der Waals surface area contributed by atoms with Crippen LogP contribution in [0.15, 0.2) is 59.0 Å². The zero-order valence-electron chi connectivity index (χ0n) is 13.9. The van der Waals surface area contributed by atoms with E-state index in [0.29, 0.717) is 22.8 Å². The number of aliphatic hydroxyl groups is 1. The van der Waals surface area contributed by atoms with Crippen molar-refractivity contribution in [1.82, 2.24) is 0 Å². The maximum atomic E-state index is 12.4. The molecule has 0 aliphatic carbocycles. The number of carbonyl (C=O) groups excluding carboxylic acids is 1. The Bertz CT molecular complexity index is 978. The standard InChI is InChI=1S/C19H16N2O5/c1-12-5-6-14(10-17(12)21(24)25)19(23)20-15-4-2-3-13(9-15)18-8-7-16(11-22)26-18/h2-10,22H,11H2,1H3,(H,20,23). The monoisotopic (exact) mass is 352 g/mol. The fourth-order valence-electron chi connectivity index (χ4n) is 2.52. The van der Waals surface area contributed by atoms with Crippen LogP contribution in [0.2, 0.25) is 0 Å². The fraction of sp³-hybridized carbons (Fsp3) is 0.105. The van der Waals surface area contributed by atoms with Crippen LogP contribution in [0.25, 0.3) is 11.3 Å². The number of aliphatic hydroxyl groups excluding tert-OH is 1. The van der Waals surface area contributed by atoms with Gasteiger partial charge in [0.05, 0.1) is 4.92 Å². The van der Waals surface area contributed by atoms with Crippen molar-refractivity contribution in [3.63, 3.8) is 0 Å². The Morgan fingerprint density at radius 3 is 2.69 bits per heavy atom. The van der Waals surface area contributed by atoms with Gasteiger partial charge in [-0.05, 0) is 37.3 Å². The molecule has 1 aromatic heterocycles. The summed E-state index contributed by atoms with van der Waals surface area (Å²) in [5.74, 6) is 0.568. The lowest BCUT2D eigenvalue weighted by Crippen LogP contribution is -2.12. The van der Waals surface area contributed by atoms with Crippen LogP contribution in [-0.4, -0.2) is 15.9 Å². The predicted molar refractivity (Wildman–Crippen MR) is 95.9 cm³/mol. The lowest BCUT2D eigenvalue weighted by Gasteiger charge is -2.07. The van der Waals surface area contributed by atoms with Gasteiger partial charge in [0.25, 0.3) is 11.6 Å². The molecular formula is C19H16N2O5. The van der Waals surface area contributed by atoms with Gasteiger partial charge < -0.3 is 14.8 Å². The molecule has 0 fully saturated rings. The molecule has 7 nitrogen and oxygen atoms in total. The third kappa shape index (κ3) is 3.62. The Hall–Kier alpha value is -3.45. The van der Waals surface area contributed by atoms with E-state index < -0.39 is 10.8 Å². The molecule has 2 aromatic carbocycles. The van der Waals surface area contributed by atoms with Gasteiger partial charge in [0.15, 0.2) is 0 Å². The van der Waals surface area contributed by atoms with Crippen LogP contribution in [0.4, 0.5) is 11.4 Å². The number of carbonyl (C=O) groups is 1. The number of nitrogens with zero attached hydrogens (tertiary/aromatic N) is 1. The fourth-order valence-corrected chi connectivity index (χ4v) is 2.52. The number of amides is 1. The molecule has 0 bridgehead atoms. The van der Waals surface area contributed by atoms with Crippen LogP contribution >= 0.6 is 0 Å². The number of anilines is 1. The largest absolute Gasteiger partial charge is 0.459 e. The minimum Gasteiger partial charge on any atom is -0.459 e. The minimum atomic E-state index is -0.512. The van der Waals surface area contributed by atoms with Crippen LogP contribution in [-0.2, 0) is 6.61 Å². The molecule has 0 saturated heterocycles. The van der Waals surface area contributed by atoms with Gasteiger partial charge in [0.2, 0.25) is 0 Å². The Morgan fingerprint density at radius 1 is 1.19 bits per heavy atom. The van der Waals surface area contributed by atoms with Gasteiger partial charge in [-0.15, -0.1) is 0 Å². The maximum Gasteiger partial charge on any atom is 0.273 e. The molecule has 0 aliphatic rings. The molecule has 2 N–H and O–H groups in total. The van der Waals surface area contributed by atoms with Gasteiger partial charge in [-0.3, -0.25) is 14.9 Å². The number of nitrogens with one attached hydrogen (secondary N) is 1. The number of rotatable bonds is 5. The molecule has 0 atom stereocenters. The number of aryl methyl sites for hydroxylation is 1. The lowest BCUT2D eigenvalue weighted by molar-refractivity contribution is -0.385. The average Bonchev–Trinajstić information content (AvgIpc) is 3.11. The number of benzene rings is 2. The van der Waals surface area contributed by atoms with Crippen molar-refractivity contribution >= 4 is 17.3 Å². The highest BCUT2D eigenvalue weighted by molar-refractivity contribution is 6.05. The summed E-state index contributed by atoms with van der Waals surface area (Å²) < 4.78 is 5.48. The quantitative estimate of drug-likeness (QED) is 0.535. The molecule has 1 amide bonds. The zero-order chi connectivity index (χ0) is 18.7. The molecule has 0 unspecified atom stereocenters. The van der Waals surface area contributed by atoms with E-state index in [2.05, 4.69) is 5.32 Å². The van der Waals surface area contributed by atoms with Gasteiger partial charge in [-0.25, -0.2) is 0 Å². The lowest BCUT2D eigenvalue weighted by atomic mass is 10.1. The van der Waals surface area contributed by atoms with Crippen molar-refractivity contribution in [2.45, 2.75) is 13.5 Å². The summed E-state index contributed by atoms with van der Waals surface area (Å²) in [4.78, 5) is 22.9. The van der Waals surface area contributed by atoms with Gasteiger partial charge in [0, 0.05) is 28.4 Å². The first kappa shape index (κ1) is 17.4. The predicted octanol–water partition coefficient (Wildman–Crippen LogP) is 3.91.